The topological polar surface area (TPSA) is 96.9 Å². The monoisotopic (exact) mass is 518 g/mol. The van der Waals surface area contributed by atoms with Crippen LogP contribution in [0.1, 0.15) is 26.5 Å². The molecule has 2 aromatic carbocycles. The van der Waals surface area contributed by atoms with Crippen molar-refractivity contribution in [3.05, 3.63) is 89.6 Å². The Morgan fingerprint density at radius 1 is 1.05 bits per heavy atom. The van der Waals surface area contributed by atoms with Gasteiger partial charge in [0.05, 0.1) is 21.8 Å². The summed E-state index contributed by atoms with van der Waals surface area (Å²) in [5.74, 6) is 0.169. The first-order valence-electron chi connectivity index (χ1n) is 11.5. The molecule has 0 fully saturated rings. The standard InChI is InChI=1S/C27H24ClFN6O2/c1-27(2,3)22-14-23(35(34-22)17-7-5-4-6-8-17)33-26(36)32-16-9-10-20(19(29)13-16)37-21-11-12-30-25-24(21)18(28)15-31-25/h4-15H,1-3H3,(H,30,31)(H2,32,33,36). The Kier molecular flexibility index (Phi) is 6.31. The maximum absolute atomic E-state index is 14.9. The first kappa shape index (κ1) is 24.3. The molecule has 10 heteroatoms. The van der Waals surface area contributed by atoms with Crippen molar-refractivity contribution in [2.75, 3.05) is 10.6 Å². The molecule has 0 saturated heterocycles. The van der Waals surface area contributed by atoms with Gasteiger partial charge in [-0.25, -0.2) is 18.9 Å². The molecule has 2 amide bonds. The van der Waals surface area contributed by atoms with Gasteiger partial charge in [-0.15, -0.1) is 0 Å². The Morgan fingerprint density at radius 2 is 1.84 bits per heavy atom. The van der Waals surface area contributed by atoms with Gasteiger partial charge >= 0.3 is 6.03 Å². The van der Waals surface area contributed by atoms with E-state index in [0.717, 1.165) is 11.4 Å². The second-order valence-corrected chi connectivity index (χ2v) is 9.82. The van der Waals surface area contributed by atoms with Crippen molar-refractivity contribution in [1.82, 2.24) is 19.7 Å². The van der Waals surface area contributed by atoms with Crippen molar-refractivity contribution in [3.63, 3.8) is 0 Å². The van der Waals surface area contributed by atoms with Gasteiger partial charge in [0.2, 0.25) is 0 Å². The summed E-state index contributed by atoms with van der Waals surface area (Å²) in [6.07, 6.45) is 3.12. The van der Waals surface area contributed by atoms with E-state index in [1.54, 1.807) is 23.0 Å². The molecule has 0 aliphatic rings. The molecular formula is C27H24ClFN6O2. The van der Waals surface area contributed by atoms with Gasteiger partial charge in [-0.1, -0.05) is 50.6 Å². The van der Waals surface area contributed by atoms with E-state index in [-0.39, 0.29) is 16.9 Å². The van der Waals surface area contributed by atoms with E-state index in [2.05, 4.69) is 25.7 Å². The smallest absolute Gasteiger partial charge is 0.324 e. The second-order valence-electron chi connectivity index (χ2n) is 9.41. The van der Waals surface area contributed by atoms with Gasteiger partial charge in [0.25, 0.3) is 0 Å². The molecule has 0 unspecified atom stereocenters. The zero-order valence-electron chi connectivity index (χ0n) is 20.3. The Bertz CT molecular complexity index is 1590. The zero-order chi connectivity index (χ0) is 26.2. The van der Waals surface area contributed by atoms with Crippen molar-refractivity contribution in [2.24, 2.45) is 0 Å². The number of hydrogen-bond donors (Lipinski definition) is 3. The lowest BCUT2D eigenvalue weighted by Crippen LogP contribution is -2.21. The molecule has 0 spiro atoms. The number of H-pyrrole nitrogens is 1. The maximum Gasteiger partial charge on any atom is 0.324 e. The third kappa shape index (κ3) is 5.12. The van der Waals surface area contributed by atoms with Crippen molar-refractivity contribution in [1.29, 1.82) is 0 Å². The fourth-order valence-corrected chi connectivity index (χ4v) is 3.97. The summed E-state index contributed by atoms with van der Waals surface area (Å²) in [6.45, 7) is 6.13. The zero-order valence-corrected chi connectivity index (χ0v) is 21.1. The molecule has 0 atom stereocenters. The van der Waals surface area contributed by atoms with Crippen LogP contribution >= 0.6 is 11.6 Å². The fraction of sp³-hybridized carbons (Fsp3) is 0.148. The quantitative estimate of drug-likeness (QED) is 0.228. The first-order chi connectivity index (χ1) is 17.7. The van der Waals surface area contributed by atoms with Gasteiger partial charge in [0, 0.05) is 35.6 Å². The number of nitrogens with zero attached hydrogens (tertiary/aromatic N) is 3. The lowest BCUT2D eigenvalue weighted by molar-refractivity contribution is 0.262. The second kappa shape index (κ2) is 9.59. The molecular weight excluding hydrogens is 495 g/mol. The van der Waals surface area contributed by atoms with Crippen molar-refractivity contribution in [3.8, 4) is 17.2 Å². The number of anilines is 2. The summed E-state index contributed by atoms with van der Waals surface area (Å²) in [5.41, 5.74) is 2.17. The van der Waals surface area contributed by atoms with Crippen LogP contribution in [-0.4, -0.2) is 25.8 Å². The summed E-state index contributed by atoms with van der Waals surface area (Å²) in [4.78, 5) is 19.9. The van der Waals surface area contributed by atoms with Gasteiger partial charge in [-0.2, -0.15) is 5.10 Å². The van der Waals surface area contributed by atoms with Crippen LogP contribution < -0.4 is 15.4 Å². The molecule has 0 radical (unpaired) electrons. The van der Waals surface area contributed by atoms with Gasteiger partial charge in [0.1, 0.15) is 17.2 Å². The summed E-state index contributed by atoms with van der Waals surface area (Å²) in [5, 5.41) is 11.1. The number of benzene rings is 2. The molecule has 37 heavy (non-hydrogen) atoms. The number of carbonyl (C=O) groups is 1. The number of nitrogens with one attached hydrogen (secondary N) is 3. The van der Waals surface area contributed by atoms with E-state index in [0.29, 0.717) is 27.6 Å². The number of urea groups is 1. The molecule has 3 heterocycles. The number of fused-ring (bicyclic) bond motifs is 1. The summed E-state index contributed by atoms with van der Waals surface area (Å²) in [7, 11) is 0. The Morgan fingerprint density at radius 3 is 2.57 bits per heavy atom. The number of hydrogen-bond acceptors (Lipinski definition) is 4. The van der Waals surface area contributed by atoms with Gasteiger partial charge < -0.3 is 15.0 Å². The third-order valence-electron chi connectivity index (χ3n) is 5.62. The number of aromatic amines is 1. The van der Waals surface area contributed by atoms with Crippen LogP contribution in [0.5, 0.6) is 11.5 Å². The minimum absolute atomic E-state index is 0.0207. The highest BCUT2D eigenvalue weighted by Crippen LogP contribution is 2.35. The number of ether oxygens (including phenoxy) is 1. The van der Waals surface area contributed by atoms with Crippen LogP contribution in [0.2, 0.25) is 5.02 Å². The number of amides is 2. The van der Waals surface area contributed by atoms with E-state index in [4.69, 9.17) is 16.3 Å². The molecule has 5 aromatic rings. The van der Waals surface area contributed by atoms with Crippen molar-refractivity contribution >= 4 is 40.2 Å². The normalized spacial score (nSPS) is 11.5. The van der Waals surface area contributed by atoms with Crippen LogP contribution in [0, 0.1) is 5.82 Å². The van der Waals surface area contributed by atoms with E-state index in [1.165, 1.54) is 18.3 Å². The highest BCUT2D eigenvalue weighted by molar-refractivity contribution is 6.36. The van der Waals surface area contributed by atoms with Crippen molar-refractivity contribution < 1.29 is 13.9 Å². The summed E-state index contributed by atoms with van der Waals surface area (Å²) >= 11 is 6.20. The summed E-state index contributed by atoms with van der Waals surface area (Å²) in [6, 6.07) is 16.5. The molecule has 3 aromatic heterocycles. The summed E-state index contributed by atoms with van der Waals surface area (Å²) < 4.78 is 22.3. The molecule has 0 bridgehead atoms. The third-order valence-corrected chi connectivity index (χ3v) is 5.92. The van der Waals surface area contributed by atoms with Crippen LogP contribution in [-0.2, 0) is 5.41 Å². The molecule has 0 saturated carbocycles. The number of pyridine rings is 1. The number of para-hydroxylation sites is 1. The van der Waals surface area contributed by atoms with Crippen LogP contribution in [0.25, 0.3) is 16.7 Å². The minimum Gasteiger partial charge on any atom is -0.453 e. The van der Waals surface area contributed by atoms with Gasteiger partial charge in [-0.3, -0.25) is 5.32 Å². The number of halogens is 2. The Labute approximate surface area is 217 Å². The maximum atomic E-state index is 14.9. The van der Waals surface area contributed by atoms with Gasteiger partial charge in [0.15, 0.2) is 11.6 Å². The van der Waals surface area contributed by atoms with Gasteiger partial charge in [-0.05, 0) is 30.3 Å². The highest BCUT2D eigenvalue weighted by Gasteiger charge is 2.22. The fourth-order valence-electron chi connectivity index (χ4n) is 3.73. The lowest BCUT2D eigenvalue weighted by atomic mass is 9.92. The molecule has 0 aliphatic heterocycles. The van der Waals surface area contributed by atoms with Crippen molar-refractivity contribution in [2.45, 2.75) is 26.2 Å². The van der Waals surface area contributed by atoms with Crippen LogP contribution in [0.3, 0.4) is 0 Å². The lowest BCUT2D eigenvalue weighted by Gasteiger charge is -2.14. The molecule has 188 valence electrons. The molecule has 5 rings (SSSR count). The average Bonchev–Trinajstić information content (AvgIpc) is 3.46. The average molecular weight is 519 g/mol. The number of aromatic nitrogens is 4. The Hall–Kier alpha value is -4.37. The largest absolute Gasteiger partial charge is 0.453 e. The SMILES string of the molecule is CC(C)(C)c1cc(NC(=O)Nc2ccc(Oc3ccnc4[nH]cc(Cl)c34)c(F)c2)n(-c2ccccc2)n1. The van der Waals surface area contributed by atoms with E-state index < -0.39 is 11.8 Å². The van der Waals surface area contributed by atoms with E-state index in [1.807, 2.05) is 57.2 Å². The highest BCUT2D eigenvalue weighted by atomic mass is 35.5. The predicted molar refractivity (Wildman–Crippen MR) is 142 cm³/mol. The van der Waals surface area contributed by atoms with Crippen LogP contribution in [0.15, 0.2) is 73.1 Å². The minimum atomic E-state index is -0.654. The molecule has 8 nitrogen and oxygen atoms in total. The predicted octanol–water partition coefficient (Wildman–Crippen LogP) is 7.27. The first-order valence-corrected chi connectivity index (χ1v) is 11.9. The molecule has 0 aliphatic carbocycles. The van der Waals surface area contributed by atoms with E-state index in [9.17, 15) is 9.18 Å². The number of carbonyl (C=O) groups excluding carboxylic acids is 1. The van der Waals surface area contributed by atoms with E-state index >= 15 is 0 Å². The molecule has 3 N–H and O–H groups in total. The number of rotatable bonds is 5. The van der Waals surface area contributed by atoms with Crippen LogP contribution in [0.4, 0.5) is 20.7 Å². The Balaban J connectivity index is 1.34.